The number of fused-ring (bicyclic) bond motifs is 3. The summed E-state index contributed by atoms with van der Waals surface area (Å²) in [6, 6.07) is 9.75. The Hall–Kier alpha value is -2.69. The van der Waals surface area contributed by atoms with Crippen molar-refractivity contribution in [3.8, 4) is 0 Å². The van der Waals surface area contributed by atoms with Crippen molar-refractivity contribution >= 4 is 17.6 Å². The molecule has 2 amide bonds. The maximum absolute atomic E-state index is 12.6. The number of amides is 2. The van der Waals surface area contributed by atoms with Gasteiger partial charge in [-0.1, -0.05) is 24.3 Å². The van der Waals surface area contributed by atoms with Crippen molar-refractivity contribution in [1.29, 1.82) is 0 Å². The molecule has 2 aromatic rings. The molecule has 1 unspecified atom stereocenters. The molecule has 0 fully saturated rings. The van der Waals surface area contributed by atoms with Crippen molar-refractivity contribution < 1.29 is 9.59 Å². The number of hydrogen-bond donors (Lipinski definition) is 2. The van der Waals surface area contributed by atoms with Crippen LogP contribution in [0.4, 0.5) is 5.82 Å². The van der Waals surface area contributed by atoms with E-state index in [1.54, 1.807) is 6.20 Å². The molecule has 22 heavy (non-hydrogen) atoms. The van der Waals surface area contributed by atoms with E-state index in [1.165, 1.54) is 0 Å². The molecular weight excluding hydrogens is 278 g/mol. The number of nitrogens with one attached hydrogen (secondary N) is 1. The van der Waals surface area contributed by atoms with Gasteiger partial charge in [0, 0.05) is 11.8 Å². The normalized spacial score (nSPS) is 21.5. The van der Waals surface area contributed by atoms with Gasteiger partial charge < -0.3 is 11.1 Å². The maximum atomic E-state index is 12.6. The zero-order valence-electron chi connectivity index (χ0n) is 11.9. The minimum absolute atomic E-state index is 0.00820. The Labute approximate surface area is 127 Å². The fourth-order valence-corrected chi connectivity index (χ4v) is 3.63. The van der Waals surface area contributed by atoms with Crippen molar-refractivity contribution in [2.75, 3.05) is 5.32 Å². The molecule has 1 aliphatic heterocycles. The van der Waals surface area contributed by atoms with Gasteiger partial charge in [0.1, 0.15) is 5.82 Å². The Balaban J connectivity index is 1.75. The first kappa shape index (κ1) is 13.0. The lowest BCUT2D eigenvalue weighted by Crippen LogP contribution is -2.35. The van der Waals surface area contributed by atoms with Gasteiger partial charge in [-0.25, -0.2) is 4.98 Å². The molecule has 1 aliphatic carbocycles. The molecule has 1 aromatic carbocycles. The van der Waals surface area contributed by atoms with Crippen LogP contribution in [-0.4, -0.2) is 16.8 Å². The number of benzene rings is 1. The molecule has 4 rings (SSSR count). The Kier molecular flexibility index (Phi) is 2.60. The van der Waals surface area contributed by atoms with Crippen molar-refractivity contribution in [2.24, 2.45) is 5.73 Å². The number of carbonyl (C=O) groups is 2. The van der Waals surface area contributed by atoms with Crippen LogP contribution in [0.5, 0.6) is 0 Å². The number of carbonyl (C=O) groups excluding carboxylic acids is 2. The number of rotatable bonds is 2. The highest BCUT2D eigenvalue weighted by Gasteiger charge is 2.50. The van der Waals surface area contributed by atoms with Crippen LogP contribution in [0.2, 0.25) is 0 Å². The summed E-state index contributed by atoms with van der Waals surface area (Å²) in [5, 5.41) is 2.89. The molecule has 1 spiro atoms. The molecule has 0 saturated carbocycles. The average Bonchev–Trinajstić information content (AvgIpc) is 2.98. The summed E-state index contributed by atoms with van der Waals surface area (Å²) in [4.78, 5) is 27.9. The largest absolute Gasteiger partial charge is 0.369 e. The van der Waals surface area contributed by atoms with Gasteiger partial charge in [-0.15, -0.1) is 0 Å². The zero-order chi connectivity index (χ0) is 15.3. The van der Waals surface area contributed by atoms with E-state index in [0.29, 0.717) is 18.7 Å². The third kappa shape index (κ3) is 1.75. The number of aromatic nitrogens is 1. The van der Waals surface area contributed by atoms with Gasteiger partial charge in [0.15, 0.2) is 0 Å². The number of nitrogens with two attached hydrogens (primary N) is 1. The van der Waals surface area contributed by atoms with Gasteiger partial charge in [0.05, 0.1) is 11.8 Å². The van der Waals surface area contributed by atoms with Crippen LogP contribution >= 0.6 is 0 Å². The van der Waals surface area contributed by atoms with Gasteiger partial charge in [0.25, 0.3) is 0 Å². The molecule has 5 nitrogen and oxygen atoms in total. The Morgan fingerprint density at radius 1 is 1.27 bits per heavy atom. The Morgan fingerprint density at radius 2 is 2.09 bits per heavy atom. The highest BCUT2D eigenvalue weighted by atomic mass is 16.2. The molecule has 0 bridgehead atoms. The first-order valence-corrected chi connectivity index (χ1v) is 7.24. The van der Waals surface area contributed by atoms with Crippen molar-refractivity contribution in [3.05, 3.63) is 58.8 Å². The molecule has 2 heterocycles. The van der Waals surface area contributed by atoms with Crippen LogP contribution in [-0.2, 0) is 34.3 Å². The van der Waals surface area contributed by atoms with Crippen molar-refractivity contribution in [1.82, 2.24) is 4.98 Å². The number of primary amides is 1. The molecule has 0 saturated heterocycles. The zero-order valence-corrected chi connectivity index (χ0v) is 11.9. The van der Waals surface area contributed by atoms with Crippen LogP contribution < -0.4 is 11.1 Å². The number of anilines is 1. The van der Waals surface area contributed by atoms with Crippen LogP contribution in [0.25, 0.3) is 0 Å². The molecule has 2 aliphatic rings. The van der Waals surface area contributed by atoms with Crippen molar-refractivity contribution in [2.45, 2.75) is 24.7 Å². The molecule has 3 N–H and O–H groups in total. The lowest BCUT2D eigenvalue weighted by molar-refractivity contribution is -0.120. The molecule has 1 atom stereocenters. The van der Waals surface area contributed by atoms with E-state index in [4.69, 9.17) is 5.73 Å². The molecule has 5 heteroatoms. The Morgan fingerprint density at radius 3 is 2.91 bits per heavy atom. The maximum Gasteiger partial charge on any atom is 0.237 e. The standard InChI is InChI=1S/C17H15N3O2/c18-14(21)7-10-3-4-11-8-17(9-12(11)6-10)13-2-1-5-19-15(13)20-16(17)22/h1-6H,7-9H2,(H2,18,21)(H,19,20,22). The SMILES string of the molecule is NC(=O)Cc1ccc2c(c1)CC1(C2)C(=O)Nc2ncccc21. The average molecular weight is 293 g/mol. The molecule has 1 aromatic heterocycles. The number of nitrogens with zero attached hydrogens (tertiary/aromatic N) is 1. The van der Waals surface area contributed by atoms with Gasteiger partial charge in [-0.3, -0.25) is 9.59 Å². The summed E-state index contributed by atoms with van der Waals surface area (Å²) >= 11 is 0. The summed E-state index contributed by atoms with van der Waals surface area (Å²) in [5.41, 5.74) is 8.83. The first-order chi connectivity index (χ1) is 10.6. The van der Waals surface area contributed by atoms with Crippen molar-refractivity contribution in [3.63, 3.8) is 0 Å². The number of pyridine rings is 1. The summed E-state index contributed by atoms with van der Waals surface area (Å²) in [5.74, 6) is 0.326. The molecule has 0 radical (unpaired) electrons. The van der Waals surface area contributed by atoms with Crippen LogP contribution in [0.1, 0.15) is 22.3 Å². The smallest absolute Gasteiger partial charge is 0.237 e. The van der Waals surface area contributed by atoms with E-state index >= 15 is 0 Å². The fourth-order valence-electron chi connectivity index (χ4n) is 3.63. The van der Waals surface area contributed by atoms with Gasteiger partial charge in [-0.2, -0.15) is 0 Å². The molecule has 110 valence electrons. The third-order valence-corrected chi connectivity index (χ3v) is 4.62. The van der Waals surface area contributed by atoms with E-state index in [2.05, 4.69) is 10.3 Å². The first-order valence-electron chi connectivity index (χ1n) is 7.24. The van der Waals surface area contributed by atoms with E-state index in [-0.39, 0.29) is 18.2 Å². The minimum atomic E-state index is -0.558. The summed E-state index contributed by atoms with van der Waals surface area (Å²) < 4.78 is 0. The second kappa shape index (κ2) is 4.40. The quantitative estimate of drug-likeness (QED) is 0.869. The lowest BCUT2D eigenvalue weighted by Gasteiger charge is -2.20. The fraction of sp³-hybridized carbons (Fsp3) is 0.235. The Bertz CT molecular complexity index is 815. The van der Waals surface area contributed by atoms with Gasteiger partial charge in [-0.05, 0) is 35.6 Å². The van der Waals surface area contributed by atoms with Crippen LogP contribution in [0, 0.1) is 0 Å². The highest BCUT2D eigenvalue weighted by Crippen LogP contribution is 2.46. The second-order valence-electron chi connectivity index (χ2n) is 6.04. The minimum Gasteiger partial charge on any atom is -0.369 e. The highest BCUT2D eigenvalue weighted by molar-refractivity contribution is 6.06. The van der Waals surface area contributed by atoms with Gasteiger partial charge in [0.2, 0.25) is 11.8 Å². The molecular formula is C17H15N3O2. The summed E-state index contributed by atoms with van der Waals surface area (Å²) in [6.45, 7) is 0. The van der Waals surface area contributed by atoms with Gasteiger partial charge >= 0.3 is 0 Å². The van der Waals surface area contributed by atoms with E-state index in [0.717, 1.165) is 22.3 Å². The van der Waals surface area contributed by atoms with E-state index in [1.807, 2.05) is 30.3 Å². The van der Waals surface area contributed by atoms with E-state index < -0.39 is 5.41 Å². The predicted molar refractivity (Wildman–Crippen MR) is 81.3 cm³/mol. The summed E-state index contributed by atoms with van der Waals surface area (Å²) in [6.07, 6.45) is 3.22. The van der Waals surface area contributed by atoms with Crippen LogP contribution in [0.15, 0.2) is 36.5 Å². The van der Waals surface area contributed by atoms with E-state index in [9.17, 15) is 9.59 Å². The topological polar surface area (TPSA) is 85.1 Å². The third-order valence-electron chi connectivity index (χ3n) is 4.62. The number of hydrogen-bond acceptors (Lipinski definition) is 3. The monoisotopic (exact) mass is 293 g/mol. The second-order valence-corrected chi connectivity index (χ2v) is 6.04. The lowest BCUT2D eigenvalue weighted by atomic mass is 9.79. The summed E-state index contributed by atoms with van der Waals surface area (Å²) in [7, 11) is 0. The van der Waals surface area contributed by atoms with Crippen LogP contribution in [0.3, 0.4) is 0 Å². The predicted octanol–water partition coefficient (Wildman–Crippen LogP) is 1.10.